The number of carbonyl (C=O) groups excluding carboxylic acids is 1. The Labute approximate surface area is 198 Å². The fourth-order valence-electron chi connectivity index (χ4n) is 3.51. The summed E-state index contributed by atoms with van der Waals surface area (Å²) in [5.41, 5.74) is 3.10. The molecule has 0 amide bonds. The van der Waals surface area contributed by atoms with Crippen molar-refractivity contribution >= 4 is 5.78 Å². The van der Waals surface area contributed by atoms with Crippen LogP contribution in [0.3, 0.4) is 0 Å². The summed E-state index contributed by atoms with van der Waals surface area (Å²) in [6, 6.07) is 26.4. The lowest BCUT2D eigenvalue weighted by atomic mass is 9.76. The summed E-state index contributed by atoms with van der Waals surface area (Å²) in [7, 11) is 0. The number of aryl methyl sites for hydroxylation is 1. The van der Waals surface area contributed by atoms with E-state index in [2.05, 4.69) is 50.2 Å². The van der Waals surface area contributed by atoms with Crippen molar-refractivity contribution in [3.05, 3.63) is 95.6 Å². The van der Waals surface area contributed by atoms with Crippen molar-refractivity contribution in [3.8, 4) is 11.5 Å². The minimum Gasteiger partial charge on any atom is -0.485 e. The van der Waals surface area contributed by atoms with Crippen molar-refractivity contribution in [1.29, 1.82) is 0 Å². The van der Waals surface area contributed by atoms with Gasteiger partial charge in [-0.25, -0.2) is 0 Å². The minimum absolute atomic E-state index is 0.279. The van der Waals surface area contributed by atoms with Crippen LogP contribution in [0.5, 0.6) is 11.5 Å². The molecule has 0 radical (unpaired) electrons. The van der Waals surface area contributed by atoms with Gasteiger partial charge in [0.15, 0.2) is 11.5 Å². The van der Waals surface area contributed by atoms with Crippen LogP contribution in [-0.4, -0.2) is 5.78 Å². The largest absolute Gasteiger partial charge is 0.485 e. The normalized spacial score (nSPS) is 11.4. The lowest BCUT2D eigenvalue weighted by Crippen LogP contribution is -2.29. The van der Waals surface area contributed by atoms with Crippen molar-refractivity contribution in [2.45, 2.75) is 60.2 Å². The van der Waals surface area contributed by atoms with Gasteiger partial charge in [-0.1, -0.05) is 94.4 Å². The van der Waals surface area contributed by atoms with Crippen molar-refractivity contribution in [2.24, 2.45) is 11.3 Å². The van der Waals surface area contributed by atoms with Crippen LogP contribution in [0.2, 0.25) is 0 Å². The number of hydrogen-bond acceptors (Lipinski definition) is 3. The standard InChI is InChI=1S/C30H36O3/c1-23(2)30(3,4)29(31)17-11-16-24-18-19-27(32-21-25-12-7-5-8-13-25)28(20-24)33-22-26-14-9-6-10-15-26/h5-10,12-15,18-20,23H,11,16-17,21-22H2,1-4H3. The molecule has 3 nitrogen and oxygen atoms in total. The van der Waals surface area contributed by atoms with Crippen LogP contribution >= 0.6 is 0 Å². The Bertz CT molecular complexity index is 1010. The summed E-state index contributed by atoms with van der Waals surface area (Å²) in [5.74, 6) is 2.14. The lowest BCUT2D eigenvalue weighted by Gasteiger charge is -2.27. The van der Waals surface area contributed by atoms with Crippen LogP contribution in [0.1, 0.15) is 57.2 Å². The molecule has 3 aromatic carbocycles. The molecule has 0 saturated carbocycles. The first-order valence-corrected chi connectivity index (χ1v) is 11.9. The van der Waals surface area contributed by atoms with Gasteiger partial charge >= 0.3 is 0 Å². The zero-order valence-electron chi connectivity index (χ0n) is 20.3. The second-order valence-corrected chi connectivity index (χ2v) is 9.48. The monoisotopic (exact) mass is 444 g/mol. The van der Waals surface area contributed by atoms with E-state index in [9.17, 15) is 4.79 Å². The van der Waals surface area contributed by atoms with Gasteiger partial charge in [0.25, 0.3) is 0 Å². The average Bonchev–Trinajstić information content (AvgIpc) is 2.83. The minimum atomic E-state index is -0.279. The molecule has 0 aliphatic rings. The quantitative estimate of drug-likeness (QED) is 0.292. The van der Waals surface area contributed by atoms with Gasteiger partial charge < -0.3 is 9.47 Å². The van der Waals surface area contributed by atoms with Gasteiger partial charge in [0.05, 0.1) is 0 Å². The predicted molar refractivity (Wildman–Crippen MR) is 135 cm³/mol. The molecule has 0 saturated heterocycles. The van der Waals surface area contributed by atoms with E-state index >= 15 is 0 Å². The second kappa shape index (κ2) is 11.7. The van der Waals surface area contributed by atoms with Crippen LogP contribution in [-0.2, 0) is 24.4 Å². The molecule has 33 heavy (non-hydrogen) atoms. The topological polar surface area (TPSA) is 35.5 Å². The molecule has 174 valence electrons. The van der Waals surface area contributed by atoms with Gasteiger partial charge in [0.2, 0.25) is 0 Å². The number of rotatable bonds is 12. The van der Waals surface area contributed by atoms with E-state index in [4.69, 9.17) is 9.47 Å². The zero-order chi connectivity index (χ0) is 23.7. The van der Waals surface area contributed by atoms with E-state index < -0.39 is 0 Å². The molecule has 3 heteroatoms. The smallest absolute Gasteiger partial charge is 0.161 e. The lowest BCUT2D eigenvalue weighted by molar-refractivity contribution is -0.129. The average molecular weight is 445 g/mol. The van der Waals surface area contributed by atoms with Crippen LogP contribution in [0, 0.1) is 11.3 Å². The number of benzene rings is 3. The van der Waals surface area contributed by atoms with Crippen LogP contribution in [0.4, 0.5) is 0 Å². The zero-order valence-corrected chi connectivity index (χ0v) is 20.3. The third kappa shape index (κ3) is 7.21. The van der Waals surface area contributed by atoms with Crippen molar-refractivity contribution in [2.75, 3.05) is 0 Å². The van der Waals surface area contributed by atoms with Gasteiger partial charge in [0, 0.05) is 11.8 Å². The fourth-order valence-corrected chi connectivity index (χ4v) is 3.51. The molecule has 0 unspecified atom stereocenters. The Kier molecular flexibility index (Phi) is 8.71. The first-order valence-electron chi connectivity index (χ1n) is 11.9. The highest BCUT2D eigenvalue weighted by Gasteiger charge is 2.30. The number of hydrogen-bond donors (Lipinski definition) is 0. The molecule has 0 aliphatic carbocycles. The summed E-state index contributed by atoms with van der Waals surface area (Å²) in [4.78, 5) is 12.7. The van der Waals surface area contributed by atoms with Gasteiger partial charge in [-0.05, 0) is 47.6 Å². The Morgan fingerprint density at radius 1 is 0.758 bits per heavy atom. The summed E-state index contributed by atoms with van der Waals surface area (Å²) >= 11 is 0. The van der Waals surface area contributed by atoms with E-state index in [1.165, 1.54) is 0 Å². The highest BCUT2D eigenvalue weighted by Crippen LogP contribution is 2.32. The third-order valence-electron chi connectivity index (χ3n) is 6.51. The fraction of sp³-hybridized carbons (Fsp3) is 0.367. The van der Waals surface area contributed by atoms with Crippen LogP contribution < -0.4 is 9.47 Å². The van der Waals surface area contributed by atoms with E-state index in [1.807, 2.05) is 56.3 Å². The maximum Gasteiger partial charge on any atom is 0.161 e. The highest BCUT2D eigenvalue weighted by atomic mass is 16.5. The van der Waals surface area contributed by atoms with Gasteiger partial charge in [0.1, 0.15) is 19.0 Å². The maximum absolute atomic E-state index is 12.7. The van der Waals surface area contributed by atoms with E-state index in [-0.39, 0.29) is 5.41 Å². The predicted octanol–water partition coefficient (Wildman–Crippen LogP) is 7.42. The molecule has 0 atom stereocenters. The van der Waals surface area contributed by atoms with Crippen molar-refractivity contribution in [3.63, 3.8) is 0 Å². The van der Waals surface area contributed by atoms with Crippen LogP contribution in [0.15, 0.2) is 78.9 Å². The molecule has 0 bridgehead atoms. The molecule has 0 aliphatic heterocycles. The van der Waals surface area contributed by atoms with Crippen LogP contribution in [0.25, 0.3) is 0 Å². The Balaban J connectivity index is 1.67. The summed E-state index contributed by atoms with van der Waals surface area (Å²) < 4.78 is 12.3. The number of ether oxygens (including phenoxy) is 2. The highest BCUT2D eigenvalue weighted by molar-refractivity contribution is 5.84. The maximum atomic E-state index is 12.7. The second-order valence-electron chi connectivity index (χ2n) is 9.48. The summed E-state index contributed by atoms with van der Waals surface area (Å²) in [6.07, 6.45) is 2.26. The van der Waals surface area contributed by atoms with Crippen molar-refractivity contribution < 1.29 is 14.3 Å². The molecule has 0 fully saturated rings. The first-order chi connectivity index (χ1) is 15.9. The molecular weight excluding hydrogens is 408 g/mol. The van der Waals surface area contributed by atoms with Crippen molar-refractivity contribution in [1.82, 2.24) is 0 Å². The molecule has 0 spiro atoms. The number of carbonyl (C=O) groups is 1. The summed E-state index contributed by atoms with van der Waals surface area (Å²) in [6.45, 7) is 9.29. The summed E-state index contributed by atoms with van der Waals surface area (Å²) in [5, 5.41) is 0. The molecule has 0 aromatic heterocycles. The number of Topliss-reactive ketones (excluding diaryl/α,β-unsaturated/α-hetero) is 1. The third-order valence-corrected chi connectivity index (χ3v) is 6.51. The Morgan fingerprint density at radius 2 is 1.30 bits per heavy atom. The first kappa shape index (κ1) is 24.6. The molecule has 0 heterocycles. The molecular formula is C30H36O3. The SMILES string of the molecule is CC(C)C(C)(C)C(=O)CCCc1ccc(OCc2ccccc2)c(OCc2ccccc2)c1. The van der Waals surface area contributed by atoms with E-state index in [0.717, 1.165) is 41.0 Å². The van der Waals surface area contributed by atoms with E-state index in [1.54, 1.807) is 0 Å². The Morgan fingerprint density at radius 3 is 1.85 bits per heavy atom. The number of ketones is 1. The van der Waals surface area contributed by atoms with Gasteiger partial charge in [-0.2, -0.15) is 0 Å². The van der Waals surface area contributed by atoms with E-state index in [0.29, 0.717) is 31.3 Å². The van der Waals surface area contributed by atoms with Gasteiger partial charge in [-0.15, -0.1) is 0 Å². The van der Waals surface area contributed by atoms with Gasteiger partial charge in [-0.3, -0.25) is 4.79 Å². The molecule has 3 rings (SSSR count). The Hall–Kier alpha value is -3.07. The molecule has 3 aromatic rings. The molecule has 0 N–H and O–H groups in total.